The molecule has 98 valence electrons. The first-order valence-electron chi connectivity index (χ1n) is 5.59. The summed E-state index contributed by atoms with van der Waals surface area (Å²) in [5.41, 5.74) is 2.36. The summed E-state index contributed by atoms with van der Waals surface area (Å²) >= 11 is 1.60. The molecule has 0 atom stereocenters. The lowest BCUT2D eigenvalue weighted by molar-refractivity contribution is -0.115. The van der Waals surface area contributed by atoms with Crippen molar-refractivity contribution in [1.29, 1.82) is 0 Å². The number of carbonyl (C=O) groups is 2. The first-order chi connectivity index (χ1) is 8.45. The van der Waals surface area contributed by atoms with Gasteiger partial charge in [-0.15, -0.1) is 0 Å². The molecule has 0 aliphatic carbocycles. The monoisotopic (exact) mass is 267 g/mol. The van der Waals surface area contributed by atoms with Gasteiger partial charge in [-0.3, -0.25) is 4.79 Å². The number of rotatable bonds is 5. The molecule has 2 N–H and O–H groups in total. The van der Waals surface area contributed by atoms with Crippen LogP contribution in [0.25, 0.3) is 0 Å². The van der Waals surface area contributed by atoms with Crippen molar-refractivity contribution in [2.24, 2.45) is 0 Å². The molecule has 0 unspecified atom stereocenters. The number of nitrogens with one attached hydrogen (secondary N) is 1. The van der Waals surface area contributed by atoms with Crippen molar-refractivity contribution in [2.75, 3.05) is 17.3 Å². The molecule has 1 rings (SSSR count). The van der Waals surface area contributed by atoms with Crippen molar-refractivity contribution >= 4 is 29.3 Å². The lowest BCUT2D eigenvalue weighted by Gasteiger charge is -2.11. The summed E-state index contributed by atoms with van der Waals surface area (Å²) < 4.78 is 0. The second kappa shape index (κ2) is 6.44. The third-order valence-electron chi connectivity index (χ3n) is 2.61. The zero-order chi connectivity index (χ0) is 13.7. The first-order valence-corrected chi connectivity index (χ1v) is 6.98. The van der Waals surface area contributed by atoms with Crippen LogP contribution in [-0.2, 0) is 4.79 Å². The first kappa shape index (κ1) is 14.6. The molecule has 0 fully saturated rings. The standard InChI is InChI=1S/C13H17NO3S/c1-8-6-9(2)11(7-10(8)13(16)17)14-12(15)4-5-18-3/h6-7H,4-5H2,1-3H3,(H,14,15)(H,16,17). The van der Waals surface area contributed by atoms with E-state index in [1.165, 1.54) is 6.07 Å². The Labute approximate surface area is 111 Å². The Morgan fingerprint density at radius 1 is 1.28 bits per heavy atom. The van der Waals surface area contributed by atoms with E-state index in [1.54, 1.807) is 24.8 Å². The number of hydrogen-bond acceptors (Lipinski definition) is 3. The maximum atomic E-state index is 11.6. The Balaban J connectivity index is 2.92. The van der Waals surface area contributed by atoms with Crippen LogP contribution in [0.3, 0.4) is 0 Å². The zero-order valence-electron chi connectivity index (χ0n) is 10.7. The Morgan fingerprint density at radius 3 is 2.50 bits per heavy atom. The number of hydrogen-bond donors (Lipinski definition) is 2. The lowest BCUT2D eigenvalue weighted by atomic mass is 10.0. The van der Waals surface area contributed by atoms with Crippen molar-refractivity contribution in [3.05, 3.63) is 28.8 Å². The fraction of sp³-hybridized carbons (Fsp3) is 0.385. The number of amides is 1. The van der Waals surface area contributed by atoms with Crippen molar-refractivity contribution in [2.45, 2.75) is 20.3 Å². The van der Waals surface area contributed by atoms with Crippen LogP contribution in [0, 0.1) is 13.8 Å². The maximum Gasteiger partial charge on any atom is 0.336 e. The van der Waals surface area contributed by atoms with Gasteiger partial charge in [-0.05, 0) is 37.3 Å². The molecule has 4 nitrogen and oxygen atoms in total. The van der Waals surface area contributed by atoms with Gasteiger partial charge in [0.05, 0.1) is 5.56 Å². The third kappa shape index (κ3) is 3.77. The summed E-state index contributed by atoms with van der Waals surface area (Å²) in [5, 5.41) is 11.8. The van der Waals surface area contributed by atoms with Crippen molar-refractivity contribution in [3.63, 3.8) is 0 Å². The minimum Gasteiger partial charge on any atom is -0.478 e. The highest BCUT2D eigenvalue weighted by atomic mass is 32.2. The van der Waals surface area contributed by atoms with Crippen LogP contribution in [-0.4, -0.2) is 29.0 Å². The Morgan fingerprint density at radius 2 is 1.94 bits per heavy atom. The molecular formula is C13H17NO3S. The number of benzene rings is 1. The summed E-state index contributed by atoms with van der Waals surface area (Å²) in [5.74, 6) is -0.317. The number of anilines is 1. The number of carboxylic acid groups (broad SMARTS) is 1. The van der Waals surface area contributed by atoms with Crippen LogP contribution in [0.4, 0.5) is 5.69 Å². The molecule has 1 aromatic carbocycles. The number of aryl methyl sites for hydroxylation is 2. The van der Waals surface area contributed by atoms with Gasteiger partial charge in [-0.1, -0.05) is 6.07 Å². The highest BCUT2D eigenvalue weighted by molar-refractivity contribution is 7.98. The average molecular weight is 267 g/mol. The number of thioether (sulfide) groups is 1. The Bertz CT molecular complexity index is 472. The van der Waals surface area contributed by atoms with E-state index in [0.29, 0.717) is 17.7 Å². The van der Waals surface area contributed by atoms with E-state index in [4.69, 9.17) is 5.11 Å². The minimum atomic E-state index is -0.980. The summed E-state index contributed by atoms with van der Waals surface area (Å²) in [7, 11) is 0. The van der Waals surface area contributed by atoms with Gasteiger partial charge < -0.3 is 10.4 Å². The highest BCUT2D eigenvalue weighted by Gasteiger charge is 2.12. The predicted octanol–water partition coefficient (Wildman–Crippen LogP) is 2.69. The molecule has 0 aromatic heterocycles. The van der Waals surface area contributed by atoms with Crippen LogP contribution in [0.5, 0.6) is 0 Å². The van der Waals surface area contributed by atoms with Gasteiger partial charge in [0, 0.05) is 17.9 Å². The smallest absolute Gasteiger partial charge is 0.336 e. The minimum absolute atomic E-state index is 0.0901. The molecule has 0 aliphatic heterocycles. The van der Waals surface area contributed by atoms with Crippen molar-refractivity contribution in [1.82, 2.24) is 0 Å². The van der Waals surface area contributed by atoms with Crippen LogP contribution in [0.1, 0.15) is 27.9 Å². The molecule has 18 heavy (non-hydrogen) atoms. The molecule has 0 heterocycles. The molecule has 0 spiro atoms. The second-order valence-electron chi connectivity index (χ2n) is 4.08. The molecule has 0 aliphatic rings. The molecule has 0 bridgehead atoms. The number of carbonyl (C=O) groups excluding carboxylic acids is 1. The van der Waals surface area contributed by atoms with Gasteiger partial charge in [-0.2, -0.15) is 11.8 Å². The molecule has 1 amide bonds. The summed E-state index contributed by atoms with van der Waals surface area (Å²) in [6.45, 7) is 3.60. The molecule has 0 radical (unpaired) electrons. The third-order valence-corrected chi connectivity index (χ3v) is 3.22. The van der Waals surface area contributed by atoms with Gasteiger partial charge in [0.1, 0.15) is 0 Å². The largest absolute Gasteiger partial charge is 0.478 e. The topological polar surface area (TPSA) is 66.4 Å². The van der Waals surface area contributed by atoms with Gasteiger partial charge in [0.2, 0.25) is 5.91 Å². The van der Waals surface area contributed by atoms with Gasteiger partial charge in [0.15, 0.2) is 0 Å². The second-order valence-corrected chi connectivity index (χ2v) is 5.06. The highest BCUT2D eigenvalue weighted by Crippen LogP contribution is 2.21. The average Bonchev–Trinajstić information content (AvgIpc) is 2.29. The SMILES string of the molecule is CSCCC(=O)Nc1cc(C(=O)O)c(C)cc1C. The molecule has 0 saturated carbocycles. The van der Waals surface area contributed by atoms with E-state index in [9.17, 15) is 9.59 Å². The van der Waals surface area contributed by atoms with Crippen LogP contribution >= 0.6 is 11.8 Å². The van der Waals surface area contributed by atoms with Gasteiger partial charge in [0.25, 0.3) is 0 Å². The van der Waals surface area contributed by atoms with Crippen molar-refractivity contribution in [3.8, 4) is 0 Å². The fourth-order valence-corrected chi connectivity index (χ4v) is 2.01. The Kier molecular flexibility index (Phi) is 5.22. The summed E-state index contributed by atoms with van der Waals surface area (Å²) in [4.78, 5) is 22.6. The number of aromatic carboxylic acids is 1. The van der Waals surface area contributed by atoms with Crippen LogP contribution in [0.15, 0.2) is 12.1 Å². The van der Waals surface area contributed by atoms with Crippen LogP contribution < -0.4 is 5.32 Å². The molecular weight excluding hydrogens is 250 g/mol. The van der Waals surface area contributed by atoms with E-state index in [-0.39, 0.29) is 11.5 Å². The molecule has 1 aromatic rings. The van der Waals surface area contributed by atoms with Crippen LogP contribution in [0.2, 0.25) is 0 Å². The summed E-state index contributed by atoms with van der Waals surface area (Å²) in [6.07, 6.45) is 2.36. The van der Waals surface area contributed by atoms with E-state index in [2.05, 4.69) is 5.32 Å². The predicted molar refractivity (Wildman–Crippen MR) is 74.5 cm³/mol. The lowest BCUT2D eigenvalue weighted by Crippen LogP contribution is -2.14. The maximum absolute atomic E-state index is 11.6. The van der Waals surface area contributed by atoms with Crippen molar-refractivity contribution < 1.29 is 14.7 Å². The molecule has 0 saturated heterocycles. The Hall–Kier alpha value is -1.49. The van der Waals surface area contributed by atoms with E-state index >= 15 is 0 Å². The quantitative estimate of drug-likeness (QED) is 0.860. The van der Waals surface area contributed by atoms with Gasteiger partial charge in [-0.25, -0.2) is 4.79 Å². The summed E-state index contributed by atoms with van der Waals surface area (Å²) in [6, 6.07) is 3.29. The van der Waals surface area contributed by atoms with Gasteiger partial charge >= 0.3 is 5.97 Å². The molecule has 5 heteroatoms. The normalized spacial score (nSPS) is 10.2. The zero-order valence-corrected chi connectivity index (χ0v) is 11.6. The van der Waals surface area contributed by atoms with E-state index in [1.807, 2.05) is 13.2 Å². The van der Waals surface area contributed by atoms with E-state index < -0.39 is 5.97 Å². The number of carboxylic acids is 1. The fourth-order valence-electron chi connectivity index (χ4n) is 1.62. The van der Waals surface area contributed by atoms with E-state index in [0.717, 1.165) is 11.3 Å².